The largest absolute Gasteiger partial charge is 0.472 e. The maximum absolute atomic E-state index is 13.0. The lowest BCUT2D eigenvalue weighted by atomic mass is 10.0. The van der Waals surface area contributed by atoms with E-state index in [4.69, 9.17) is 37.0 Å². The third-order valence-electron chi connectivity index (χ3n) is 16.1. The first-order chi connectivity index (χ1) is 42.7. The zero-order valence-electron chi connectivity index (χ0n) is 57.9. The van der Waals surface area contributed by atoms with Crippen LogP contribution >= 0.6 is 15.6 Å². The van der Waals surface area contributed by atoms with Gasteiger partial charge < -0.3 is 33.8 Å². The topological polar surface area (TPSA) is 237 Å². The summed E-state index contributed by atoms with van der Waals surface area (Å²) < 4.78 is 68.2. The molecular weight excluding hydrogens is 1170 g/mol. The Morgan fingerprint density at radius 1 is 0.303 bits per heavy atom. The Hall–Kier alpha value is -1.94. The van der Waals surface area contributed by atoms with E-state index in [0.717, 1.165) is 108 Å². The first kappa shape index (κ1) is 87.1. The fourth-order valence-corrected chi connectivity index (χ4v) is 12.1. The van der Waals surface area contributed by atoms with Crippen LogP contribution in [0.15, 0.2) is 0 Å². The summed E-state index contributed by atoms with van der Waals surface area (Å²) in [5.74, 6) is 0.0203. The van der Waals surface area contributed by atoms with Crippen molar-refractivity contribution in [3.63, 3.8) is 0 Å². The molecule has 0 aliphatic heterocycles. The summed E-state index contributed by atoms with van der Waals surface area (Å²) in [5.41, 5.74) is 0. The zero-order valence-corrected chi connectivity index (χ0v) is 59.7. The van der Waals surface area contributed by atoms with E-state index in [1.165, 1.54) is 154 Å². The molecule has 0 aromatic carbocycles. The van der Waals surface area contributed by atoms with Crippen LogP contribution in [-0.2, 0) is 65.4 Å². The first-order valence-electron chi connectivity index (χ1n) is 36.3. The van der Waals surface area contributed by atoms with Gasteiger partial charge in [0.25, 0.3) is 0 Å². The van der Waals surface area contributed by atoms with Crippen molar-refractivity contribution >= 4 is 39.5 Å². The molecule has 89 heavy (non-hydrogen) atoms. The predicted molar refractivity (Wildman–Crippen MR) is 358 cm³/mol. The molecule has 0 spiro atoms. The second-order valence-corrected chi connectivity index (χ2v) is 29.6. The molecule has 0 aromatic rings. The van der Waals surface area contributed by atoms with Crippen LogP contribution in [-0.4, -0.2) is 96.7 Å². The number of esters is 4. The molecule has 0 aromatic heterocycles. The van der Waals surface area contributed by atoms with Gasteiger partial charge in [-0.15, -0.1) is 0 Å². The molecule has 0 saturated heterocycles. The van der Waals surface area contributed by atoms with Crippen molar-refractivity contribution in [2.75, 3.05) is 39.6 Å². The Bertz CT molecular complexity index is 1750. The second kappa shape index (κ2) is 61.0. The van der Waals surface area contributed by atoms with Gasteiger partial charge in [0.2, 0.25) is 0 Å². The summed E-state index contributed by atoms with van der Waals surface area (Å²) in [6.07, 6.45) is 44.6. The maximum Gasteiger partial charge on any atom is 0.472 e. The second-order valence-electron chi connectivity index (χ2n) is 26.7. The number of ether oxygens (including phenoxy) is 4. The number of hydrogen-bond acceptors (Lipinski definition) is 15. The minimum atomic E-state index is -4.95. The molecule has 0 amide bonds. The van der Waals surface area contributed by atoms with E-state index >= 15 is 0 Å². The summed E-state index contributed by atoms with van der Waals surface area (Å²) >= 11 is 0. The van der Waals surface area contributed by atoms with Gasteiger partial charge in [0.05, 0.1) is 26.4 Å². The molecule has 19 heteroatoms. The molecule has 5 atom stereocenters. The fourth-order valence-electron chi connectivity index (χ4n) is 10.5. The number of carbonyl (C=O) groups excluding carboxylic acids is 4. The fraction of sp³-hybridized carbons (Fsp3) is 0.943. The average molecular weight is 1310 g/mol. The van der Waals surface area contributed by atoms with Crippen molar-refractivity contribution in [2.45, 2.75) is 369 Å². The molecule has 3 N–H and O–H groups in total. The van der Waals surface area contributed by atoms with Gasteiger partial charge in [0.1, 0.15) is 19.3 Å². The average Bonchev–Trinajstić information content (AvgIpc) is 3.52. The number of aliphatic hydroxyl groups is 1. The monoisotopic (exact) mass is 1310 g/mol. The first-order valence-corrected chi connectivity index (χ1v) is 39.3. The highest BCUT2D eigenvalue weighted by Crippen LogP contribution is 2.45. The highest BCUT2D eigenvalue weighted by Gasteiger charge is 2.30. The number of phosphoric ester groups is 2. The Morgan fingerprint density at radius 2 is 0.517 bits per heavy atom. The lowest BCUT2D eigenvalue weighted by Gasteiger charge is -2.21. The van der Waals surface area contributed by atoms with Crippen LogP contribution in [0.25, 0.3) is 0 Å². The normalized spacial score (nSPS) is 14.2. The Labute approximate surface area is 543 Å². The summed E-state index contributed by atoms with van der Waals surface area (Å²) in [7, 11) is -9.90. The SMILES string of the molecule is CCCCCCCCCCCCCCCCCCCC(=O)O[C@H](COC(=O)CCCCCCCCCCC(C)C)COP(=O)(O)OC[C@@H](O)COP(=O)(O)OC[C@@H](COC(=O)CCCCCCCCCC(C)C)OC(=O)CCCCCCCCCCC(C)C. The minimum absolute atomic E-state index is 0.103. The molecule has 0 aliphatic carbocycles. The van der Waals surface area contributed by atoms with Gasteiger partial charge in [0.15, 0.2) is 12.2 Å². The van der Waals surface area contributed by atoms with Gasteiger partial charge in [-0.1, -0.05) is 299 Å². The van der Waals surface area contributed by atoms with E-state index < -0.39 is 97.5 Å². The Balaban J connectivity index is 5.23. The lowest BCUT2D eigenvalue weighted by Crippen LogP contribution is -2.30. The van der Waals surface area contributed by atoms with Gasteiger partial charge in [-0.25, -0.2) is 9.13 Å². The van der Waals surface area contributed by atoms with E-state index in [2.05, 4.69) is 48.5 Å². The maximum atomic E-state index is 13.0. The van der Waals surface area contributed by atoms with Crippen LogP contribution < -0.4 is 0 Å². The Kier molecular flexibility index (Phi) is 59.6. The summed E-state index contributed by atoms with van der Waals surface area (Å²) in [6.45, 7) is 11.7. The van der Waals surface area contributed by atoms with E-state index in [0.29, 0.717) is 31.6 Å². The van der Waals surface area contributed by atoms with Crippen LogP contribution in [0.4, 0.5) is 0 Å². The predicted octanol–water partition coefficient (Wildman–Crippen LogP) is 19.8. The number of aliphatic hydroxyl groups excluding tert-OH is 1. The van der Waals surface area contributed by atoms with Gasteiger partial charge in [-0.05, 0) is 43.4 Å². The standard InChI is InChI=1S/C70H136O17P2/c1-8-9-10-11-12-13-14-15-16-17-18-19-20-21-31-39-46-53-69(74)86-65(57-80-67(72)51-44-37-30-24-22-27-34-41-48-61(2)3)59-84-88(76,77)82-55-64(71)56-83-89(78,79)85-60-66(58-81-68(73)52-45-38-33-26-29-36-43-50-63(6)7)87-70(75)54-47-40-32-25-23-28-35-42-49-62(4)5/h61-66,71H,8-60H2,1-7H3,(H,76,77)(H,78,79)/t64-,65-,66-/m1/s1. The van der Waals surface area contributed by atoms with E-state index in [-0.39, 0.29) is 25.7 Å². The molecule has 0 rings (SSSR count). The molecule has 0 saturated carbocycles. The molecule has 528 valence electrons. The number of rotatable bonds is 68. The van der Waals surface area contributed by atoms with Crippen molar-refractivity contribution < 1.29 is 80.2 Å². The lowest BCUT2D eigenvalue weighted by molar-refractivity contribution is -0.161. The minimum Gasteiger partial charge on any atom is -0.462 e. The molecule has 17 nitrogen and oxygen atoms in total. The smallest absolute Gasteiger partial charge is 0.462 e. The van der Waals surface area contributed by atoms with Crippen molar-refractivity contribution in [2.24, 2.45) is 17.8 Å². The van der Waals surface area contributed by atoms with Crippen molar-refractivity contribution in [1.82, 2.24) is 0 Å². The van der Waals surface area contributed by atoms with Gasteiger partial charge in [0, 0.05) is 25.7 Å². The molecular formula is C70H136O17P2. The summed E-state index contributed by atoms with van der Waals surface area (Å²) in [6, 6.07) is 0. The quantitative estimate of drug-likeness (QED) is 0.0222. The van der Waals surface area contributed by atoms with Crippen LogP contribution in [0.2, 0.25) is 0 Å². The number of carbonyl (C=O) groups is 4. The van der Waals surface area contributed by atoms with Crippen molar-refractivity contribution in [1.29, 1.82) is 0 Å². The van der Waals surface area contributed by atoms with Crippen LogP contribution in [0.1, 0.15) is 350 Å². The third kappa shape index (κ3) is 64.6. The number of unbranched alkanes of at least 4 members (excludes halogenated alkanes) is 36. The number of hydrogen-bond donors (Lipinski definition) is 3. The van der Waals surface area contributed by atoms with E-state index in [1.807, 2.05) is 0 Å². The third-order valence-corrected chi connectivity index (χ3v) is 18.0. The Morgan fingerprint density at radius 3 is 0.764 bits per heavy atom. The van der Waals surface area contributed by atoms with Crippen molar-refractivity contribution in [3.05, 3.63) is 0 Å². The highest BCUT2D eigenvalue weighted by atomic mass is 31.2. The van der Waals surface area contributed by atoms with E-state index in [9.17, 15) is 43.2 Å². The molecule has 0 fully saturated rings. The van der Waals surface area contributed by atoms with Crippen LogP contribution in [0.3, 0.4) is 0 Å². The molecule has 0 radical (unpaired) electrons. The van der Waals surface area contributed by atoms with Gasteiger partial charge in [-0.2, -0.15) is 0 Å². The van der Waals surface area contributed by atoms with Crippen LogP contribution in [0.5, 0.6) is 0 Å². The van der Waals surface area contributed by atoms with Crippen molar-refractivity contribution in [3.8, 4) is 0 Å². The number of phosphoric acid groups is 2. The van der Waals surface area contributed by atoms with Gasteiger partial charge >= 0.3 is 39.5 Å². The molecule has 0 heterocycles. The zero-order chi connectivity index (χ0) is 65.9. The molecule has 0 bridgehead atoms. The molecule has 2 unspecified atom stereocenters. The summed E-state index contributed by atoms with van der Waals surface area (Å²) in [4.78, 5) is 72.5. The summed E-state index contributed by atoms with van der Waals surface area (Å²) in [5, 5.41) is 10.6. The highest BCUT2D eigenvalue weighted by molar-refractivity contribution is 7.47. The van der Waals surface area contributed by atoms with Gasteiger partial charge in [-0.3, -0.25) is 37.3 Å². The van der Waals surface area contributed by atoms with Crippen LogP contribution in [0, 0.1) is 17.8 Å². The van der Waals surface area contributed by atoms with E-state index in [1.54, 1.807) is 0 Å². The molecule has 0 aliphatic rings.